The Bertz CT molecular complexity index is 334. The van der Waals surface area contributed by atoms with E-state index in [1.165, 1.54) is 6.42 Å². The van der Waals surface area contributed by atoms with Crippen molar-refractivity contribution in [3.63, 3.8) is 0 Å². The molecule has 2 fully saturated rings. The minimum absolute atomic E-state index is 0.226. The third-order valence-corrected chi connectivity index (χ3v) is 4.19. The Morgan fingerprint density at radius 1 is 1.05 bits per heavy atom. The summed E-state index contributed by atoms with van der Waals surface area (Å²) in [6.07, 6.45) is 7.44. The number of urea groups is 1. The van der Waals surface area contributed by atoms with Gasteiger partial charge in [0.25, 0.3) is 0 Å². The van der Waals surface area contributed by atoms with E-state index in [4.69, 9.17) is 5.73 Å². The van der Waals surface area contributed by atoms with Crippen LogP contribution in [0.4, 0.5) is 4.79 Å². The molecule has 1 aliphatic heterocycles. The monoisotopic (exact) mass is 282 g/mol. The normalized spacial score (nSPS) is 22.4. The molecule has 2 rings (SSSR count). The molecule has 0 radical (unpaired) electrons. The van der Waals surface area contributed by atoms with E-state index in [9.17, 15) is 9.59 Å². The van der Waals surface area contributed by atoms with Gasteiger partial charge in [-0.2, -0.15) is 0 Å². The maximum atomic E-state index is 11.8. The third-order valence-electron chi connectivity index (χ3n) is 4.19. The van der Waals surface area contributed by atoms with Crippen LogP contribution in [0.3, 0.4) is 0 Å². The highest BCUT2D eigenvalue weighted by Gasteiger charge is 2.20. The van der Waals surface area contributed by atoms with Crippen LogP contribution in [0, 0.1) is 0 Å². The van der Waals surface area contributed by atoms with Gasteiger partial charge in [0, 0.05) is 25.2 Å². The molecule has 0 unspecified atom stereocenters. The van der Waals surface area contributed by atoms with E-state index < -0.39 is 0 Å². The molecular formula is C14H26N4O2. The molecule has 2 aliphatic rings. The van der Waals surface area contributed by atoms with E-state index in [-0.39, 0.29) is 30.6 Å². The Balaban J connectivity index is 1.64. The molecule has 6 heteroatoms. The number of carbonyl (C=O) groups is 2. The predicted octanol–water partition coefficient (Wildman–Crippen LogP) is 0.568. The second kappa shape index (κ2) is 7.59. The van der Waals surface area contributed by atoms with Crippen LogP contribution in [-0.2, 0) is 4.79 Å². The minimum Gasteiger partial charge on any atom is -0.335 e. The summed E-state index contributed by atoms with van der Waals surface area (Å²) in [4.78, 5) is 25.6. The number of imide groups is 1. The standard InChI is InChI=1S/C14H26N4O2/c15-11-6-8-18(9-7-11)10-13(19)17-14(20)16-12-4-2-1-3-5-12/h11-12H,1-10,15H2,(H2,16,17,19,20). The van der Waals surface area contributed by atoms with Gasteiger partial charge in [-0.05, 0) is 25.7 Å². The summed E-state index contributed by atoms with van der Waals surface area (Å²) >= 11 is 0. The van der Waals surface area contributed by atoms with Crippen molar-refractivity contribution >= 4 is 11.9 Å². The van der Waals surface area contributed by atoms with Gasteiger partial charge in [0.1, 0.15) is 0 Å². The van der Waals surface area contributed by atoms with E-state index in [2.05, 4.69) is 10.6 Å². The lowest BCUT2D eigenvalue weighted by molar-refractivity contribution is -0.121. The number of amides is 3. The van der Waals surface area contributed by atoms with Gasteiger partial charge in [0.05, 0.1) is 6.54 Å². The lowest BCUT2D eigenvalue weighted by Crippen LogP contribution is -2.49. The Kier molecular flexibility index (Phi) is 5.79. The molecule has 1 saturated heterocycles. The maximum absolute atomic E-state index is 11.8. The number of nitrogens with one attached hydrogen (secondary N) is 2. The summed E-state index contributed by atoms with van der Waals surface area (Å²) in [5.41, 5.74) is 5.82. The minimum atomic E-state index is -0.351. The fraction of sp³-hybridized carbons (Fsp3) is 0.857. The van der Waals surface area contributed by atoms with E-state index >= 15 is 0 Å². The molecule has 1 aliphatic carbocycles. The highest BCUT2D eigenvalue weighted by molar-refractivity contribution is 5.95. The van der Waals surface area contributed by atoms with Crippen LogP contribution in [0.15, 0.2) is 0 Å². The first-order valence-corrected chi connectivity index (χ1v) is 7.72. The molecule has 0 spiro atoms. The van der Waals surface area contributed by atoms with E-state index in [0.717, 1.165) is 51.6 Å². The molecule has 3 amide bonds. The van der Waals surface area contributed by atoms with Crippen LogP contribution in [-0.4, -0.2) is 48.6 Å². The average molecular weight is 282 g/mol. The fourth-order valence-electron chi connectivity index (χ4n) is 2.95. The van der Waals surface area contributed by atoms with Gasteiger partial charge >= 0.3 is 6.03 Å². The zero-order valence-corrected chi connectivity index (χ0v) is 12.1. The van der Waals surface area contributed by atoms with Gasteiger partial charge in [0.2, 0.25) is 5.91 Å². The SMILES string of the molecule is NC1CCN(CC(=O)NC(=O)NC2CCCCC2)CC1. The summed E-state index contributed by atoms with van der Waals surface area (Å²) in [5, 5.41) is 5.31. The average Bonchev–Trinajstić information content (AvgIpc) is 2.42. The Hall–Kier alpha value is -1.14. The van der Waals surface area contributed by atoms with Gasteiger partial charge < -0.3 is 11.1 Å². The van der Waals surface area contributed by atoms with Crippen molar-refractivity contribution in [1.82, 2.24) is 15.5 Å². The van der Waals surface area contributed by atoms with Crippen molar-refractivity contribution in [2.45, 2.75) is 57.0 Å². The zero-order chi connectivity index (χ0) is 14.4. The highest BCUT2D eigenvalue weighted by Crippen LogP contribution is 2.17. The molecule has 1 heterocycles. The van der Waals surface area contributed by atoms with Crippen LogP contribution in [0.1, 0.15) is 44.9 Å². The number of likely N-dealkylation sites (tertiary alicyclic amines) is 1. The van der Waals surface area contributed by atoms with Crippen LogP contribution in [0.25, 0.3) is 0 Å². The van der Waals surface area contributed by atoms with Crippen LogP contribution < -0.4 is 16.4 Å². The number of rotatable bonds is 3. The molecule has 0 atom stereocenters. The Morgan fingerprint density at radius 3 is 2.35 bits per heavy atom. The second-order valence-electron chi connectivity index (χ2n) is 5.97. The van der Waals surface area contributed by atoms with Crippen molar-refractivity contribution in [2.75, 3.05) is 19.6 Å². The molecule has 0 aromatic carbocycles. The largest absolute Gasteiger partial charge is 0.335 e. The summed E-state index contributed by atoms with van der Waals surface area (Å²) in [5.74, 6) is -0.228. The molecule has 20 heavy (non-hydrogen) atoms. The van der Waals surface area contributed by atoms with E-state index in [0.29, 0.717) is 0 Å². The molecular weight excluding hydrogens is 256 g/mol. The topological polar surface area (TPSA) is 87.5 Å². The van der Waals surface area contributed by atoms with Crippen molar-refractivity contribution in [2.24, 2.45) is 5.73 Å². The number of nitrogens with zero attached hydrogens (tertiary/aromatic N) is 1. The van der Waals surface area contributed by atoms with Gasteiger partial charge in [-0.15, -0.1) is 0 Å². The molecule has 114 valence electrons. The number of hydrogen-bond donors (Lipinski definition) is 3. The summed E-state index contributed by atoms with van der Waals surface area (Å²) < 4.78 is 0. The van der Waals surface area contributed by atoms with E-state index in [1.807, 2.05) is 4.90 Å². The number of nitrogens with two attached hydrogens (primary N) is 1. The molecule has 6 nitrogen and oxygen atoms in total. The Labute approximate surface area is 120 Å². The first kappa shape index (κ1) is 15.3. The molecule has 1 saturated carbocycles. The predicted molar refractivity (Wildman–Crippen MR) is 77.2 cm³/mol. The van der Waals surface area contributed by atoms with Crippen LogP contribution in [0.2, 0.25) is 0 Å². The quantitative estimate of drug-likeness (QED) is 0.706. The van der Waals surface area contributed by atoms with Gasteiger partial charge in [-0.3, -0.25) is 15.0 Å². The molecule has 0 aromatic rings. The summed E-state index contributed by atoms with van der Waals surface area (Å²) in [7, 11) is 0. The van der Waals surface area contributed by atoms with Gasteiger partial charge in [-0.25, -0.2) is 4.79 Å². The lowest BCUT2D eigenvalue weighted by atomic mass is 9.96. The van der Waals surface area contributed by atoms with Crippen molar-refractivity contribution < 1.29 is 9.59 Å². The van der Waals surface area contributed by atoms with Gasteiger partial charge in [0.15, 0.2) is 0 Å². The van der Waals surface area contributed by atoms with Crippen molar-refractivity contribution in [3.05, 3.63) is 0 Å². The first-order valence-electron chi connectivity index (χ1n) is 7.72. The van der Waals surface area contributed by atoms with Gasteiger partial charge in [-0.1, -0.05) is 19.3 Å². The fourth-order valence-corrected chi connectivity index (χ4v) is 2.95. The smallest absolute Gasteiger partial charge is 0.321 e. The van der Waals surface area contributed by atoms with E-state index in [1.54, 1.807) is 0 Å². The Morgan fingerprint density at radius 2 is 1.70 bits per heavy atom. The van der Waals surface area contributed by atoms with Crippen molar-refractivity contribution in [1.29, 1.82) is 0 Å². The van der Waals surface area contributed by atoms with Crippen LogP contribution >= 0.6 is 0 Å². The number of piperidine rings is 1. The molecule has 0 bridgehead atoms. The zero-order valence-electron chi connectivity index (χ0n) is 12.1. The van der Waals surface area contributed by atoms with Crippen molar-refractivity contribution in [3.8, 4) is 0 Å². The maximum Gasteiger partial charge on any atom is 0.321 e. The first-order chi connectivity index (χ1) is 9.63. The lowest BCUT2D eigenvalue weighted by Gasteiger charge is -2.29. The van der Waals surface area contributed by atoms with Crippen LogP contribution in [0.5, 0.6) is 0 Å². The molecule has 0 aromatic heterocycles. The number of carbonyl (C=O) groups excluding carboxylic acids is 2. The summed E-state index contributed by atoms with van der Waals surface area (Å²) in [6, 6.07) is 0.129. The second-order valence-corrected chi connectivity index (χ2v) is 5.97. The highest BCUT2D eigenvalue weighted by atomic mass is 16.2. The summed E-state index contributed by atoms with van der Waals surface area (Å²) in [6.45, 7) is 1.95. The molecule has 4 N–H and O–H groups in total. The third kappa shape index (κ3) is 5.09. The number of hydrogen-bond acceptors (Lipinski definition) is 4.